The number of aromatic nitrogens is 2. The maximum absolute atomic E-state index is 12.4. The van der Waals surface area contributed by atoms with E-state index in [1.807, 2.05) is 4.90 Å². The summed E-state index contributed by atoms with van der Waals surface area (Å²) in [6.07, 6.45) is 3.71. The van der Waals surface area contributed by atoms with Gasteiger partial charge >= 0.3 is 0 Å². The van der Waals surface area contributed by atoms with Crippen LogP contribution < -0.4 is 5.73 Å². The lowest BCUT2D eigenvalue weighted by atomic mass is 10.1. The molecule has 1 rings (SSSR count). The maximum Gasteiger partial charge on any atom is 0.244 e. The minimum atomic E-state index is 0.116. The van der Waals surface area contributed by atoms with Crippen molar-refractivity contribution in [2.24, 2.45) is 5.92 Å². The predicted octanol–water partition coefficient (Wildman–Crippen LogP) is 2.14. The fourth-order valence-corrected chi connectivity index (χ4v) is 2.27. The number of carbonyl (C=O) groups is 1. The normalized spacial score (nSPS) is 11.3. The monoisotopic (exact) mass is 266 g/mol. The molecular formula is C14H26N4O. The largest absolute Gasteiger partial charge is 0.382 e. The molecule has 0 saturated heterocycles. The van der Waals surface area contributed by atoms with Gasteiger partial charge < -0.3 is 10.6 Å². The Morgan fingerprint density at radius 3 is 2.47 bits per heavy atom. The van der Waals surface area contributed by atoms with Gasteiger partial charge in [0.05, 0.1) is 0 Å². The number of anilines is 1. The first-order valence-corrected chi connectivity index (χ1v) is 7.06. The summed E-state index contributed by atoms with van der Waals surface area (Å²) in [5, 5.41) is 4.07. The minimum Gasteiger partial charge on any atom is -0.382 e. The fourth-order valence-electron chi connectivity index (χ4n) is 2.27. The van der Waals surface area contributed by atoms with Crippen LogP contribution in [0.2, 0.25) is 0 Å². The van der Waals surface area contributed by atoms with Crippen molar-refractivity contribution < 1.29 is 4.79 Å². The molecule has 0 aliphatic heterocycles. The SMILES string of the molecule is CCC(CC)N(CC(C)C)C(=O)Cn1ccc(N)n1. The molecule has 5 nitrogen and oxygen atoms in total. The van der Waals surface area contributed by atoms with Crippen LogP contribution in [0.25, 0.3) is 0 Å². The van der Waals surface area contributed by atoms with Gasteiger partial charge in [-0.1, -0.05) is 27.7 Å². The lowest BCUT2D eigenvalue weighted by molar-refractivity contribution is -0.135. The van der Waals surface area contributed by atoms with Crippen LogP contribution >= 0.6 is 0 Å². The number of carbonyl (C=O) groups excluding carboxylic acids is 1. The van der Waals surface area contributed by atoms with Gasteiger partial charge in [0, 0.05) is 18.8 Å². The molecule has 19 heavy (non-hydrogen) atoms. The molecule has 0 fully saturated rings. The molecule has 1 aromatic rings. The van der Waals surface area contributed by atoms with Crippen LogP contribution in [0.5, 0.6) is 0 Å². The highest BCUT2D eigenvalue weighted by atomic mass is 16.2. The molecule has 1 amide bonds. The third-order valence-corrected chi connectivity index (χ3v) is 3.22. The van der Waals surface area contributed by atoms with Gasteiger partial charge in [0.2, 0.25) is 5.91 Å². The van der Waals surface area contributed by atoms with Crippen molar-refractivity contribution in [3.63, 3.8) is 0 Å². The van der Waals surface area contributed by atoms with Crippen LogP contribution in [0, 0.1) is 5.92 Å². The van der Waals surface area contributed by atoms with Gasteiger partial charge in [-0.3, -0.25) is 9.48 Å². The molecular weight excluding hydrogens is 240 g/mol. The quantitative estimate of drug-likeness (QED) is 0.822. The number of nitrogens with zero attached hydrogens (tertiary/aromatic N) is 3. The third-order valence-electron chi connectivity index (χ3n) is 3.22. The molecule has 1 heterocycles. The summed E-state index contributed by atoms with van der Waals surface area (Å²) in [6.45, 7) is 9.58. The zero-order valence-electron chi connectivity index (χ0n) is 12.5. The molecule has 0 aromatic carbocycles. The molecule has 0 radical (unpaired) electrons. The summed E-state index contributed by atoms with van der Waals surface area (Å²) in [6, 6.07) is 2.01. The van der Waals surface area contributed by atoms with E-state index in [-0.39, 0.29) is 12.5 Å². The van der Waals surface area contributed by atoms with Crippen molar-refractivity contribution in [1.29, 1.82) is 0 Å². The average molecular weight is 266 g/mol. The van der Waals surface area contributed by atoms with Crippen molar-refractivity contribution >= 4 is 11.7 Å². The number of hydrogen-bond acceptors (Lipinski definition) is 3. The van der Waals surface area contributed by atoms with Crippen LogP contribution in [0.15, 0.2) is 12.3 Å². The fraction of sp³-hybridized carbons (Fsp3) is 0.714. The average Bonchev–Trinajstić information content (AvgIpc) is 2.74. The minimum absolute atomic E-state index is 0.116. The Morgan fingerprint density at radius 1 is 1.42 bits per heavy atom. The lowest BCUT2D eigenvalue weighted by Gasteiger charge is -2.32. The third kappa shape index (κ3) is 4.58. The van der Waals surface area contributed by atoms with E-state index in [4.69, 9.17) is 5.73 Å². The molecule has 108 valence electrons. The van der Waals surface area contributed by atoms with Gasteiger partial charge in [-0.25, -0.2) is 0 Å². The van der Waals surface area contributed by atoms with Gasteiger partial charge in [0.1, 0.15) is 12.4 Å². The van der Waals surface area contributed by atoms with Crippen molar-refractivity contribution in [3.8, 4) is 0 Å². The molecule has 0 aliphatic carbocycles. The van der Waals surface area contributed by atoms with E-state index in [1.165, 1.54) is 0 Å². The van der Waals surface area contributed by atoms with Crippen molar-refractivity contribution in [1.82, 2.24) is 14.7 Å². The highest BCUT2D eigenvalue weighted by Gasteiger charge is 2.22. The Labute approximate surface area is 115 Å². The van der Waals surface area contributed by atoms with Gasteiger partial charge in [-0.15, -0.1) is 0 Å². The summed E-state index contributed by atoms with van der Waals surface area (Å²) < 4.78 is 1.60. The van der Waals surface area contributed by atoms with E-state index in [0.29, 0.717) is 17.8 Å². The Morgan fingerprint density at radius 2 is 2.05 bits per heavy atom. The molecule has 1 aromatic heterocycles. The van der Waals surface area contributed by atoms with Gasteiger partial charge in [0.25, 0.3) is 0 Å². The van der Waals surface area contributed by atoms with Crippen molar-refractivity contribution in [3.05, 3.63) is 12.3 Å². The summed E-state index contributed by atoms with van der Waals surface area (Å²) in [5.41, 5.74) is 5.57. The number of hydrogen-bond donors (Lipinski definition) is 1. The predicted molar refractivity (Wildman–Crippen MR) is 77.6 cm³/mol. The highest BCUT2D eigenvalue weighted by molar-refractivity contribution is 5.76. The zero-order valence-corrected chi connectivity index (χ0v) is 12.5. The van der Waals surface area contributed by atoms with E-state index >= 15 is 0 Å². The number of nitrogen functional groups attached to an aromatic ring is 1. The number of rotatable bonds is 7. The number of amides is 1. The van der Waals surface area contributed by atoms with Crippen molar-refractivity contribution in [2.75, 3.05) is 12.3 Å². The summed E-state index contributed by atoms with van der Waals surface area (Å²) >= 11 is 0. The van der Waals surface area contributed by atoms with Gasteiger partial charge in [-0.2, -0.15) is 5.10 Å². The molecule has 0 atom stereocenters. The summed E-state index contributed by atoms with van der Waals surface area (Å²) in [5.74, 6) is 1.03. The van der Waals surface area contributed by atoms with Gasteiger partial charge in [-0.05, 0) is 24.8 Å². The molecule has 5 heteroatoms. The topological polar surface area (TPSA) is 64.2 Å². The van der Waals surface area contributed by atoms with Crippen LogP contribution in [-0.2, 0) is 11.3 Å². The highest BCUT2D eigenvalue weighted by Crippen LogP contribution is 2.12. The summed E-state index contributed by atoms with van der Waals surface area (Å²) in [4.78, 5) is 14.4. The standard InChI is InChI=1S/C14H26N4O/c1-5-12(6-2)18(9-11(3)4)14(19)10-17-8-7-13(15)16-17/h7-8,11-12H,5-6,9-10H2,1-4H3,(H2,15,16). The van der Waals surface area contributed by atoms with Gasteiger partial charge in [0.15, 0.2) is 0 Å². The molecule has 0 bridgehead atoms. The second-order valence-electron chi connectivity index (χ2n) is 5.35. The Balaban J connectivity index is 2.75. The zero-order chi connectivity index (χ0) is 14.4. The maximum atomic E-state index is 12.4. The lowest BCUT2D eigenvalue weighted by Crippen LogP contribution is -2.43. The second kappa shape index (κ2) is 7.16. The van der Waals surface area contributed by atoms with E-state index < -0.39 is 0 Å². The first-order valence-electron chi connectivity index (χ1n) is 7.06. The Bertz CT molecular complexity index is 396. The van der Waals surface area contributed by atoms with Crippen molar-refractivity contribution in [2.45, 2.75) is 53.1 Å². The molecule has 0 spiro atoms. The summed E-state index contributed by atoms with van der Waals surface area (Å²) in [7, 11) is 0. The van der Waals surface area contributed by atoms with Crippen LogP contribution in [-0.4, -0.2) is 33.2 Å². The molecule has 0 aliphatic rings. The van der Waals surface area contributed by atoms with Crippen LogP contribution in [0.4, 0.5) is 5.82 Å². The first-order chi connectivity index (χ1) is 8.97. The molecule has 0 unspecified atom stereocenters. The smallest absolute Gasteiger partial charge is 0.244 e. The first kappa shape index (κ1) is 15.5. The Kier molecular flexibility index (Phi) is 5.86. The van der Waals surface area contributed by atoms with E-state index in [0.717, 1.165) is 19.4 Å². The number of nitrogens with two attached hydrogens (primary N) is 1. The Hall–Kier alpha value is -1.52. The van der Waals surface area contributed by atoms with Crippen LogP contribution in [0.1, 0.15) is 40.5 Å². The van der Waals surface area contributed by atoms with E-state index in [1.54, 1.807) is 16.9 Å². The van der Waals surface area contributed by atoms with E-state index in [9.17, 15) is 4.79 Å². The van der Waals surface area contributed by atoms with Crippen LogP contribution in [0.3, 0.4) is 0 Å². The molecule has 2 N–H and O–H groups in total. The molecule has 0 saturated carbocycles. The second-order valence-corrected chi connectivity index (χ2v) is 5.35. The van der Waals surface area contributed by atoms with E-state index in [2.05, 4.69) is 32.8 Å².